The average molecular weight is 269 g/mol. The zero-order chi connectivity index (χ0) is 14.5. The predicted octanol–water partition coefficient (Wildman–Crippen LogP) is 4.36. The lowest BCUT2D eigenvalue weighted by Crippen LogP contribution is -2.14. The summed E-state index contributed by atoms with van der Waals surface area (Å²) in [6, 6.07) is 13.5. The highest BCUT2D eigenvalue weighted by molar-refractivity contribution is 5.84. The minimum absolute atomic E-state index is 0.288. The molecule has 0 atom stereocenters. The van der Waals surface area contributed by atoms with E-state index in [2.05, 4.69) is 24.4 Å². The molecule has 2 aromatic rings. The van der Waals surface area contributed by atoms with Crippen molar-refractivity contribution in [1.82, 2.24) is 0 Å². The number of hydrogen-bond acceptors (Lipinski definition) is 2. The Morgan fingerprint density at radius 3 is 2.25 bits per heavy atom. The van der Waals surface area contributed by atoms with E-state index in [0.29, 0.717) is 0 Å². The van der Waals surface area contributed by atoms with Crippen molar-refractivity contribution < 1.29 is 9.53 Å². The lowest BCUT2D eigenvalue weighted by molar-refractivity contribution is 0.154. The first kappa shape index (κ1) is 14.1. The van der Waals surface area contributed by atoms with Gasteiger partial charge in [-0.1, -0.05) is 35.9 Å². The molecule has 0 radical (unpaired) electrons. The van der Waals surface area contributed by atoms with Gasteiger partial charge in [-0.3, -0.25) is 5.32 Å². The van der Waals surface area contributed by atoms with E-state index in [1.807, 2.05) is 44.2 Å². The molecule has 104 valence electrons. The topological polar surface area (TPSA) is 38.3 Å². The minimum atomic E-state index is -0.435. The normalized spacial score (nSPS) is 10.2. The van der Waals surface area contributed by atoms with Gasteiger partial charge in [-0.15, -0.1) is 0 Å². The van der Waals surface area contributed by atoms with Gasteiger partial charge in [0.2, 0.25) is 0 Å². The summed E-state index contributed by atoms with van der Waals surface area (Å²) in [6.07, 6.45) is -0.435. The van der Waals surface area contributed by atoms with Crippen LogP contribution in [0.2, 0.25) is 0 Å². The molecule has 0 aromatic heterocycles. The molecule has 0 saturated carbocycles. The third-order valence-corrected chi connectivity index (χ3v) is 3.21. The molecule has 0 aliphatic rings. The number of nitrogens with one attached hydrogen (secondary N) is 1. The van der Waals surface area contributed by atoms with Crippen LogP contribution in [-0.2, 0) is 11.3 Å². The van der Waals surface area contributed by atoms with Crippen LogP contribution in [0.5, 0.6) is 0 Å². The number of amides is 1. The van der Waals surface area contributed by atoms with E-state index in [4.69, 9.17) is 4.74 Å². The number of ether oxygens (including phenoxy) is 1. The minimum Gasteiger partial charge on any atom is -0.444 e. The summed E-state index contributed by atoms with van der Waals surface area (Å²) in [5.74, 6) is 0. The standard InChI is InChI=1S/C17H19NO2/c1-12-9-13(2)16(14(3)10-12)11-20-17(19)18-15-7-5-4-6-8-15/h4-10H,11H2,1-3H3,(H,18,19). The predicted molar refractivity (Wildman–Crippen MR) is 80.9 cm³/mol. The average Bonchev–Trinajstić information content (AvgIpc) is 2.38. The lowest BCUT2D eigenvalue weighted by Gasteiger charge is -2.12. The SMILES string of the molecule is Cc1cc(C)c(COC(=O)Nc2ccccc2)c(C)c1. The van der Waals surface area contributed by atoms with Crippen LogP contribution in [-0.4, -0.2) is 6.09 Å². The van der Waals surface area contributed by atoms with Crippen LogP contribution in [0, 0.1) is 20.8 Å². The molecule has 1 amide bonds. The Balaban J connectivity index is 1.97. The van der Waals surface area contributed by atoms with E-state index in [9.17, 15) is 4.79 Å². The van der Waals surface area contributed by atoms with E-state index in [1.54, 1.807) is 0 Å². The largest absolute Gasteiger partial charge is 0.444 e. The molecule has 0 aliphatic heterocycles. The molecule has 20 heavy (non-hydrogen) atoms. The number of aryl methyl sites for hydroxylation is 3. The quantitative estimate of drug-likeness (QED) is 0.899. The van der Waals surface area contributed by atoms with Crippen LogP contribution < -0.4 is 5.32 Å². The van der Waals surface area contributed by atoms with Crippen LogP contribution in [0.25, 0.3) is 0 Å². The van der Waals surface area contributed by atoms with Gasteiger partial charge < -0.3 is 4.74 Å². The van der Waals surface area contributed by atoms with Crippen molar-refractivity contribution in [3.8, 4) is 0 Å². The molecule has 1 N–H and O–H groups in total. The molecular formula is C17H19NO2. The monoisotopic (exact) mass is 269 g/mol. The van der Waals surface area contributed by atoms with E-state index in [0.717, 1.165) is 22.4 Å². The number of carbonyl (C=O) groups is 1. The fourth-order valence-electron chi connectivity index (χ4n) is 2.25. The molecule has 0 saturated heterocycles. The van der Waals surface area contributed by atoms with Crippen molar-refractivity contribution in [1.29, 1.82) is 0 Å². The van der Waals surface area contributed by atoms with Gasteiger partial charge in [0, 0.05) is 5.69 Å². The summed E-state index contributed by atoms with van der Waals surface area (Å²) in [7, 11) is 0. The molecule has 0 fully saturated rings. The van der Waals surface area contributed by atoms with Gasteiger partial charge >= 0.3 is 6.09 Å². The Morgan fingerprint density at radius 2 is 1.65 bits per heavy atom. The number of para-hydroxylation sites is 1. The summed E-state index contributed by atoms with van der Waals surface area (Å²) in [4.78, 5) is 11.7. The zero-order valence-corrected chi connectivity index (χ0v) is 12.1. The third-order valence-electron chi connectivity index (χ3n) is 3.21. The molecule has 2 rings (SSSR count). The molecule has 0 spiro atoms. The molecule has 3 nitrogen and oxygen atoms in total. The Hall–Kier alpha value is -2.29. The second-order valence-corrected chi connectivity index (χ2v) is 4.94. The number of anilines is 1. The molecule has 0 bridgehead atoms. The third kappa shape index (κ3) is 3.60. The van der Waals surface area contributed by atoms with Crippen molar-refractivity contribution in [2.75, 3.05) is 5.32 Å². The highest BCUT2D eigenvalue weighted by Crippen LogP contribution is 2.17. The summed E-state index contributed by atoms with van der Waals surface area (Å²) in [5, 5.41) is 2.70. The van der Waals surface area contributed by atoms with E-state index in [1.165, 1.54) is 5.56 Å². The van der Waals surface area contributed by atoms with Crippen LogP contribution in [0.3, 0.4) is 0 Å². The van der Waals surface area contributed by atoms with Gasteiger partial charge in [-0.25, -0.2) is 4.79 Å². The Kier molecular flexibility index (Phi) is 4.41. The molecule has 2 aromatic carbocycles. The first-order valence-corrected chi connectivity index (χ1v) is 6.62. The van der Waals surface area contributed by atoms with E-state index < -0.39 is 6.09 Å². The number of rotatable bonds is 3. The lowest BCUT2D eigenvalue weighted by atomic mass is 10.0. The number of benzene rings is 2. The Bertz CT molecular complexity index is 583. The van der Waals surface area contributed by atoms with Crippen LogP contribution in [0.1, 0.15) is 22.3 Å². The number of hydrogen-bond donors (Lipinski definition) is 1. The first-order valence-electron chi connectivity index (χ1n) is 6.62. The van der Waals surface area contributed by atoms with Gasteiger partial charge in [-0.05, 0) is 49.6 Å². The maximum absolute atomic E-state index is 11.7. The van der Waals surface area contributed by atoms with E-state index >= 15 is 0 Å². The second kappa shape index (κ2) is 6.24. The van der Waals surface area contributed by atoms with Crippen molar-refractivity contribution >= 4 is 11.8 Å². The molecule has 0 aliphatic carbocycles. The van der Waals surface area contributed by atoms with Gasteiger partial charge in [0.25, 0.3) is 0 Å². The van der Waals surface area contributed by atoms with Crippen LogP contribution >= 0.6 is 0 Å². The highest BCUT2D eigenvalue weighted by Gasteiger charge is 2.08. The van der Waals surface area contributed by atoms with Gasteiger partial charge in [0.15, 0.2) is 0 Å². The first-order chi connectivity index (χ1) is 9.56. The zero-order valence-electron chi connectivity index (χ0n) is 12.1. The molecule has 0 unspecified atom stereocenters. The van der Waals surface area contributed by atoms with Crippen LogP contribution in [0.15, 0.2) is 42.5 Å². The van der Waals surface area contributed by atoms with Gasteiger partial charge in [0.1, 0.15) is 6.61 Å². The maximum atomic E-state index is 11.7. The highest BCUT2D eigenvalue weighted by atomic mass is 16.5. The summed E-state index contributed by atoms with van der Waals surface area (Å²) >= 11 is 0. The van der Waals surface area contributed by atoms with Gasteiger partial charge in [-0.2, -0.15) is 0 Å². The van der Waals surface area contributed by atoms with Crippen molar-refractivity contribution in [3.63, 3.8) is 0 Å². The van der Waals surface area contributed by atoms with Crippen molar-refractivity contribution in [3.05, 3.63) is 64.7 Å². The van der Waals surface area contributed by atoms with E-state index in [-0.39, 0.29) is 6.61 Å². The fraction of sp³-hybridized carbons (Fsp3) is 0.235. The molecule has 0 heterocycles. The number of carbonyl (C=O) groups excluding carboxylic acids is 1. The summed E-state index contributed by atoms with van der Waals surface area (Å²) in [6.45, 7) is 6.42. The summed E-state index contributed by atoms with van der Waals surface area (Å²) in [5.41, 5.74) is 5.32. The Morgan fingerprint density at radius 1 is 1.05 bits per heavy atom. The van der Waals surface area contributed by atoms with Gasteiger partial charge in [0.05, 0.1) is 0 Å². The molecule has 3 heteroatoms. The van der Waals surface area contributed by atoms with Crippen molar-refractivity contribution in [2.45, 2.75) is 27.4 Å². The van der Waals surface area contributed by atoms with Crippen molar-refractivity contribution in [2.24, 2.45) is 0 Å². The smallest absolute Gasteiger partial charge is 0.411 e. The maximum Gasteiger partial charge on any atom is 0.411 e. The fourth-order valence-corrected chi connectivity index (χ4v) is 2.25. The summed E-state index contributed by atoms with van der Waals surface area (Å²) < 4.78 is 5.28. The van der Waals surface area contributed by atoms with Crippen LogP contribution in [0.4, 0.5) is 10.5 Å². The Labute approximate surface area is 119 Å². The second-order valence-electron chi connectivity index (χ2n) is 4.94. The molecular weight excluding hydrogens is 250 g/mol.